The zero-order chi connectivity index (χ0) is 19.3. The Morgan fingerprint density at radius 1 is 1.35 bits per heavy atom. The second kappa shape index (κ2) is 8.05. The summed E-state index contributed by atoms with van der Waals surface area (Å²) in [7, 11) is 0. The van der Waals surface area contributed by atoms with E-state index >= 15 is 0 Å². The van der Waals surface area contributed by atoms with Crippen LogP contribution in [-0.2, 0) is 9.59 Å². The van der Waals surface area contributed by atoms with Crippen molar-refractivity contribution in [3.05, 3.63) is 23.8 Å². The van der Waals surface area contributed by atoms with Gasteiger partial charge in [-0.25, -0.2) is 10.0 Å². The van der Waals surface area contributed by atoms with Crippen LogP contribution in [0.15, 0.2) is 18.2 Å². The van der Waals surface area contributed by atoms with Gasteiger partial charge in [-0.1, -0.05) is 32.9 Å². The van der Waals surface area contributed by atoms with Crippen molar-refractivity contribution in [2.24, 2.45) is 11.3 Å². The molecule has 1 atom stereocenters. The summed E-state index contributed by atoms with van der Waals surface area (Å²) in [5.74, 6) is -0.826. The van der Waals surface area contributed by atoms with E-state index in [0.29, 0.717) is 22.5 Å². The minimum absolute atomic E-state index is 0.107. The van der Waals surface area contributed by atoms with Crippen LogP contribution >= 0.6 is 0 Å². The highest BCUT2D eigenvalue weighted by Gasteiger charge is 2.26. The summed E-state index contributed by atoms with van der Waals surface area (Å²) in [6, 6.07) is 5.58. The Hall–Kier alpha value is -2.81. The molecule has 0 aliphatic rings. The summed E-state index contributed by atoms with van der Waals surface area (Å²) in [4.78, 5) is 27.5. The number of rotatable bonds is 7. The topological polar surface area (TPSA) is 120 Å². The van der Waals surface area contributed by atoms with E-state index in [1.807, 2.05) is 39.8 Å². The number of hydroxylamine groups is 2. The van der Waals surface area contributed by atoms with Crippen LogP contribution in [0.2, 0.25) is 0 Å². The van der Waals surface area contributed by atoms with Gasteiger partial charge in [0.1, 0.15) is 5.52 Å². The minimum atomic E-state index is -0.604. The fourth-order valence-electron chi connectivity index (χ4n) is 2.62. The second-order valence-corrected chi connectivity index (χ2v) is 7.38. The van der Waals surface area contributed by atoms with Crippen molar-refractivity contribution in [3.8, 4) is 0 Å². The van der Waals surface area contributed by atoms with Crippen LogP contribution in [0.5, 0.6) is 0 Å². The fourth-order valence-corrected chi connectivity index (χ4v) is 2.62. The van der Waals surface area contributed by atoms with Gasteiger partial charge in [-0.05, 0) is 30.4 Å². The van der Waals surface area contributed by atoms with Gasteiger partial charge in [0.25, 0.3) is 5.95 Å². The van der Waals surface area contributed by atoms with Gasteiger partial charge in [0, 0.05) is 0 Å². The summed E-state index contributed by atoms with van der Waals surface area (Å²) < 4.78 is 0. The number of nitrogens with one attached hydrogen (secondary N) is 2. The van der Waals surface area contributed by atoms with Gasteiger partial charge in [-0.3, -0.25) is 25.6 Å². The molecule has 2 aromatic rings. The Balaban J connectivity index is 2.08. The number of hydrazine groups is 1. The highest BCUT2D eigenvalue weighted by atomic mass is 16.5. The first-order valence-electron chi connectivity index (χ1n) is 8.26. The predicted octanol–water partition coefficient (Wildman–Crippen LogP) is 1.68. The van der Waals surface area contributed by atoms with Crippen LogP contribution in [0.25, 0.3) is 11.0 Å². The van der Waals surface area contributed by atoms with E-state index in [1.165, 1.54) is 0 Å². The van der Waals surface area contributed by atoms with Gasteiger partial charge in [-0.2, -0.15) is 0 Å². The summed E-state index contributed by atoms with van der Waals surface area (Å²) in [6.45, 7) is 7.73. The minimum Gasteiger partial charge on any atom is -0.286 e. The first kappa shape index (κ1) is 19.5. The molecule has 3 N–H and O–H groups in total. The first-order valence-corrected chi connectivity index (χ1v) is 8.26. The van der Waals surface area contributed by atoms with Gasteiger partial charge in [-0.15, -0.1) is 10.2 Å². The van der Waals surface area contributed by atoms with E-state index in [-0.39, 0.29) is 30.2 Å². The molecule has 1 unspecified atom stereocenters. The van der Waals surface area contributed by atoms with E-state index in [9.17, 15) is 14.8 Å². The number of aromatic nitrogens is 3. The molecule has 2 amide bonds. The third-order valence-corrected chi connectivity index (χ3v) is 3.74. The monoisotopic (exact) mass is 360 g/mol. The largest absolute Gasteiger partial charge is 0.286 e. The molecule has 1 heterocycles. The zero-order valence-corrected chi connectivity index (χ0v) is 15.4. The Kier molecular flexibility index (Phi) is 6.04. The number of aryl methyl sites for hydroxylation is 1. The van der Waals surface area contributed by atoms with Gasteiger partial charge >= 0.3 is 0 Å². The average Bonchev–Trinajstić information content (AvgIpc) is 2.58. The normalized spacial score (nSPS) is 12.5. The number of nitrogens with zero attached hydrogens (tertiary/aromatic N) is 4. The van der Waals surface area contributed by atoms with E-state index < -0.39 is 5.92 Å². The van der Waals surface area contributed by atoms with Crippen LogP contribution in [0.1, 0.15) is 32.8 Å². The molecule has 0 aliphatic heterocycles. The SMILES string of the molecule is Cc1cccc2nnc(NNC(=O)C(CN(O)C=O)CC(C)(C)C)nc12. The van der Waals surface area contributed by atoms with Gasteiger partial charge in [0.15, 0.2) is 0 Å². The molecule has 0 fully saturated rings. The first-order chi connectivity index (χ1) is 12.2. The number of benzene rings is 1. The van der Waals surface area contributed by atoms with E-state index in [0.717, 1.165) is 5.56 Å². The summed E-state index contributed by atoms with van der Waals surface area (Å²) >= 11 is 0. The molecular formula is C17H24N6O3. The van der Waals surface area contributed by atoms with Crippen LogP contribution in [-0.4, -0.2) is 44.3 Å². The van der Waals surface area contributed by atoms with Crippen LogP contribution < -0.4 is 10.9 Å². The van der Waals surface area contributed by atoms with Crippen molar-refractivity contribution < 1.29 is 14.8 Å². The highest BCUT2D eigenvalue weighted by Crippen LogP contribution is 2.25. The molecule has 0 radical (unpaired) electrons. The maximum absolute atomic E-state index is 12.5. The van der Waals surface area contributed by atoms with Gasteiger partial charge < -0.3 is 0 Å². The van der Waals surface area contributed by atoms with Crippen molar-refractivity contribution in [3.63, 3.8) is 0 Å². The van der Waals surface area contributed by atoms with Gasteiger partial charge in [0.05, 0.1) is 18.0 Å². The maximum atomic E-state index is 12.5. The fraction of sp³-hybridized carbons (Fsp3) is 0.471. The standard InChI is InChI=1S/C17H24N6O3/c1-11-6-5-7-13-14(11)18-16(21-19-13)22-20-15(25)12(8-17(2,3)4)9-23(26)10-24/h5-7,10,12,26H,8-9H2,1-4H3,(H,20,25)(H,18,21,22). The number of carbonyl (C=O) groups excluding carboxylic acids is 2. The van der Waals surface area contributed by atoms with Crippen LogP contribution in [0.3, 0.4) is 0 Å². The predicted molar refractivity (Wildman–Crippen MR) is 96.0 cm³/mol. The lowest BCUT2D eigenvalue weighted by Gasteiger charge is -2.26. The Bertz CT molecular complexity index is 790. The number of para-hydroxylation sites is 1. The molecular weight excluding hydrogens is 336 g/mol. The number of hydrogen-bond donors (Lipinski definition) is 3. The molecule has 9 nitrogen and oxygen atoms in total. The number of amides is 2. The summed E-state index contributed by atoms with van der Waals surface area (Å²) in [5.41, 5.74) is 7.31. The molecule has 2 rings (SSSR count). The quantitative estimate of drug-likeness (QED) is 0.390. The number of anilines is 1. The molecule has 26 heavy (non-hydrogen) atoms. The molecule has 1 aromatic heterocycles. The van der Waals surface area contributed by atoms with Crippen molar-refractivity contribution >= 4 is 29.3 Å². The van der Waals surface area contributed by atoms with Gasteiger partial charge in [0.2, 0.25) is 12.3 Å². The third-order valence-electron chi connectivity index (χ3n) is 3.74. The van der Waals surface area contributed by atoms with Crippen LogP contribution in [0.4, 0.5) is 5.95 Å². The Labute approximate surface area is 151 Å². The Morgan fingerprint density at radius 2 is 2.08 bits per heavy atom. The highest BCUT2D eigenvalue weighted by molar-refractivity contribution is 5.81. The zero-order valence-electron chi connectivity index (χ0n) is 15.4. The van der Waals surface area contributed by atoms with E-state index in [1.54, 1.807) is 6.07 Å². The molecule has 1 aromatic carbocycles. The molecule has 140 valence electrons. The maximum Gasteiger partial charge on any atom is 0.262 e. The molecule has 0 saturated carbocycles. The lowest BCUT2D eigenvalue weighted by atomic mass is 9.84. The van der Waals surface area contributed by atoms with Crippen molar-refractivity contribution in [1.29, 1.82) is 0 Å². The average molecular weight is 360 g/mol. The summed E-state index contributed by atoms with van der Waals surface area (Å²) in [5, 5.41) is 17.9. The summed E-state index contributed by atoms with van der Waals surface area (Å²) in [6.07, 6.45) is 0.747. The molecule has 9 heteroatoms. The molecule has 0 spiro atoms. The van der Waals surface area contributed by atoms with Crippen molar-refractivity contribution in [2.45, 2.75) is 34.1 Å². The van der Waals surface area contributed by atoms with Crippen molar-refractivity contribution in [2.75, 3.05) is 12.0 Å². The number of hydrogen-bond acceptors (Lipinski definition) is 7. The lowest BCUT2D eigenvalue weighted by molar-refractivity contribution is -0.155. The van der Waals surface area contributed by atoms with E-state index in [2.05, 4.69) is 26.0 Å². The van der Waals surface area contributed by atoms with Crippen LogP contribution in [0, 0.1) is 18.3 Å². The molecule has 0 saturated heterocycles. The molecule has 0 aliphatic carbocycles. The second-order valence-electron chi connectivity index (χ2n) is 7.38. The smallest absolute Gasteiger partial charge is 0.262 e. The number of fused-ring (bicyclic) bond motifs is 1. The molecule has 0 bridgehead atoms. The van der Waals surface area contributed by atoms with Crippen molar-refractivity contribution in [1.82, 2.24) is 25.7 Å². The lowest BCUT2D eigenvalue weighted by Crippen LogP contribution is -2.42. The number of carbonyl (C=O) groups is 2. The third kappa shape index (κ3) is 5.35. The van der Waals surface area contributed by atoms with E-state index in [4.69, 9.17) is 0 Å². The Morgan fingerprint density at radius 3 is 2.73 bits per heavy atom.